The molecule has 6 nitrogen and oxygen atoms in total. The Hall–Kier alpha value is -1.89. The maximum Gasteiger partial charge on any atom is 0.263 e. The van der Waals surface area contributed by atoms with E-state index in [0.717, 1.165) is 19.3 Å². The summed E-state index contributed by atoms with van der Waals surface area (Å²) in [7, 11) is -1.56. The van der Waals surface area contributed by atoms with Gasteiger partial charge in [0.2, 0.25) is 5.91 Å². The number of nitrogens with one attached hydrogen (secondary N) is 1. The van der Waals surface area contributed by atoms with E-state index in [-0.39, 0.29) is 10.8 Å². The van der Waals surface area contributed by atoms with Crippen molar-refractivity contribution in [1.29, 1.82) is 0 Å². The van der Waals surface area contributed by atoms with Crippen molar-refractivity contribution in [2.45, 2.75) is 56.4 Å². The fourth-order valence-corrected chi connectivity index (χ4v) is 4.56. The smallest absolute Gasteiger partial charge is 0.263 e. The topological polar surface area (TPSA) is 78.8 Å². The highest BCUT2D eigenvalue weighted by Crippen LogP contribution is 2.34. The van der Waals surface area contributed by atoms with Gasteiger partial charge in [-0.15, -0.1) is 0 Å². The fourth-order valence-electron chi connectivity index (χ4n) is 3.31. The molecule has 0 aromatic heterocycles. The van der Waals surface area contributed by atoms with Crippen molar-refractivity contribution in [3.8, 4) is 0 Å². The lowest BCUT2D eigenvalue weighted by Crippen LogP contribution is -2.36. The molecular weight excluding hydrogens is 350 g/mol. The molecule has 0 spiro atoms. The third-order valence-electron chi connectivity index (χ3n) is 5.29. The third kappa shape index (κ3) is 4.26. The van der Waals surface area contributed by atoms with E-state index in [1.54, 1.807) is 18.2 Å². The number of carbonyl (C=O) groups is 1. The second-order valence-corrected chi connectivity index (χ2v) is 8.88. The molecule has 142 valence electrons. The largest absolute Gasteiger partial charge is 0.343 e. The van der Waals surface area contributed by atoms with Crippen LogP contribution in [0, 0.1) is 5.92 Å². The molecule has 0 radical (unpaired) electrons. The van der Waals surface area contributed by atoms with Gasteiger partial charge in [-0.05, 0) is 50.7 Å². The predicted molar refractivity (Wildman–Crippen MR) is 102 cm³/mol. The molecule has 1 aromatic rings. The Kier molecular flexibility index (Phi) is 5.65. The van der Waals surface area contributed by atoms with Gasteiger partial charge >= 0.3 is 0 Å². The molecule has 2 aliphatic rings. The zero-order chi connectivity index (χ0) is 18.7. The van der Waals surface area contributed by atoms with Crippen LogP contribution in [-0.4, -0.2) is 44.7 Å². The van der Waals surface area contributed by atoms with Crippen molar-refractivity contribution < 1.29 is 13.2 Å². The average molecular weight is 378 g/mol. The van der Waals surface area contributed by atoms with Crippen molar-refractivity contribution in [1.82, 2.24) is 9.62 Å². The number of sulfonamides is 1. The molecule has 1 heterocycles. The van der Waals surface area contributed by atoms with Crippen molar-refractivity contribution in [2.24, 2.45) is 10.9 Å². The summed E-state index contributed by atoms with van der Waals surface area (Å²) in [6.07, 6.45) is 5.64. The number of carbonyl (C=O) groups excluding carboxylic acids is 1. The van der Waals surface area contributed by atoms with Crippen molar-refractivity contribution in [2.75, 3.05) is 13.6 Å². The van der Waals surface area contributed by atoms with Crippen LogP contribution in [0.5, 0.6) is 0 Å². The number of amidine groups is 1. The highest BCUT2D eigenvalue weighted by Gasteiger charge is 2.32. The number of aliphatic imine (C=N–C) groups is 1. The van der Waals surface area contributed by atoms with Gasteiger partial charge in [-0.2, -0.15) is 0 Å². The molecule has 1 fully saturated rings. The second kappa shape index (κ2) is 7.78. The van der Waals surface area contributed by atoms with Crippen molar-refractivity contribution >= 4 is 21.8 Å². The Morgan fingerprint density at radius 3 is 2.73 bits per heavy atom. The first-order chi connectivity index (χ1) is 12.4. The van der Waals surface area contributed by atoms with Gasteiger partial charge in [0.1, 0.15) is 5.84 Å². The molecule has 1 aromatic carbocycles. The first kappa shape index (κ1) is 18.9. The minimum Gasteiger partial charge on any atom is -0.343 e. The zero-order valence-electron chi connectivity index (χ0n) is 15.4. The lowest BCUT2D eigenvalue weighted by Gasteiger charge is -2.24. The molecule has 0 saturated heterocycles. The summed E-state index contributed by atoms with van der Waals surface area (Å²) in [5, 5.41) is 0. The molecule has 26 heavy (non-hydrogen) atoms. The summed E-state index contributed by atoms with van der Waals surface area (Å²) in [4.78, 5) is 18.8. The maximum atomic E-state index is 12.2. The molecule has 1 amide bonds. The quantitative estimate of drug-likeness (QED) is 0.707. The van der Waals surface area contributed by atoms with E-state index in [4.69, 9.17) is 0 Å². The first-order valence-electron chi connectivity index (χ1n) is 9.32. The molecule has 0 bridgehead atoms. The average Bonchev–Trinajstić information content (AvgIpc) is 3.43. The Morgan fingerprint density at radius 1 is 1.27 bits per heavy atom. The van der Waals surface area contributed by atoms with Crippen LogP contribution >= 0.6 is 0 Å². The molecule has 1 aliphatic heterocycles. The van der Waals surface area contributed by atoms with Gasteiger partial charge in [-0.1, -0.05) is 18.6 Å². The third-order valence-corrected chi connectivity index (χ3v) is 6.69. The Labute approximate surface area is 155 Å². The minimum absolute atomic E-state index is 0.216. The van der Waals surface area contributed by atoms with E-state index >= 15 is 0 Å². The van der Waals surface area contributed by atoms with Gasteiger partial charge in [0.15, 0.2) is 0 Å². The molecule has 7 heteroatoms. The zero-order valence-corrected chi connectivity index (χ0v) is 16.3. The van der Waals surface area contributed by atoms with Crippen LogP contribution in [0.15, 0.2) is 34.2 Å². The minimum atomic E-state index is -3.46. The molecular formula is C19H27N3O3S. The van der Waals surface area contributed by atoms with Crippen molar-refractivity contribution in [3.63, 3.8) is 0 Å². The standard InChI is InChI=1S/C19H27N3O3S/c1-14(15-11-12-15)22(2)18(23)10-4-3-7-13-20-19-16-8-5-6-9-17(16)26(24,25)21-19/h5-6,8-9,14-15H,3-4,7,10-13H2,1-2H3,(H,20,21). The molecule has 3 rings (SSSR count). The van der Waals surface area contributed by atoms with E-state index in [0.29, 0.717) is 36.3 Å². The SMILES string of the molecule is CC(C1CC1)N(C)C(=O)CCCCCN=C1NS(=O)(=O)c2ccccc21. The molecule has 1 unspecified atom stereocenters. The maximum absolute atomic E-state index is 12.2. The van der Waals surface area contributed by atoms with Crippen LogP contribution in [0.25, 0.3) is 0 Å². The van der Waals surface area contributed by atoms with Crippen LogP contribution in [0.1, 0.15) is 51.0 Å². The summed E-state index contributed by atoms with van der Waals surface area (Å²) in [5.41, 5.74) is 0.637. The van der Waals surface area contributed by atoms with E-state index < -0.39 is 10.0 Å². The highest BCUT2D eigenvalue weighted by molar-refractivity contribution is 7.90. The van der Waals surface area contributed by atoms with Crippen molar-refractivity contribution in [3.05, 3.63) is 29.8 Å². The summed E-state index contributed by atoms with van der Waals surface area (Å²) >= 11 is 0. The number of fused-ring (bicyclic) bond motifs is 1. The Morgan fingerprint density at radius 2 is 2.00 bits per heavy atom. The number of hydrogen-bond donors (Lipinski definition) is 1. The lowest BCUT2D eigenvalue weighted by atomic mass is 10.1. The fraction of sp³-hybridized carbons (Fsp3) is 0.579. The van der Waals surface area contributed by atoms with Crippen LogP contribution < -0.4 is 4.72 Å². The van der Waals surface area contributed by atoms with E-state index in [1.165, 1.54) is 12.8 Å². The number of benzene rings is 1. The summed E-state index contributed by atoms with van der Waals surface area (Å²) in [6, 6.07) is 7.22. The summed E-state index contributed by atoms with van der Waals surface area (Å²) in [5.74, 6) is 1.33. The van der Waals surface area contributed by atoms with Crippen LogP contribution in [0.4, 0.5) is 0 Å². The second-order valence-electron chi connectivity index (χ2n) is 7.23. The number of hydrogen-bond acceptors (Lipinski definition) is 4. The monoisotopic (exact) mass is 377 g/mol. The van der Waals surface area contributed by atoms with E-state index in [9.17, 15) is 13.2 Å². The van der Waals surface area contributed by atoms with Gasteiger partial charge in [0.05, 0.1) is 4.90 Å². The number of amides is 1. The number of rotatable bonds is 8. The van der Waals surface area contributed by atoms with Crippen LogP contribution in [0.2, 0.25) is 0 Å². The van der Waals surface area contributed by atoms with Gasteiger partial charge in [-0.3, -0.25) is 14.5 Å². The summed E-state index contributed by atoms with van der Waals surface area (Å²) < 4.78 is 26.5. The van der Waals surface area contributed by atoms with Gasteiger partial charge < -0.3 is 4.90 Å². The molecule has 1 atom stereocenters. The number of unbranched alkanes of at least 4 members (excludes halogenated alkanes) is 2. The molecule has 1 saturated carbocycles. The highest BCUT2D eigenvalue weighted by atomic mass is 32.2. The predicted octanol–water partition coefficient (Wildman–Crippen LogP) is 2.54. The van der Waals surface area contributed by atoms with Gasteiger partial charge in [0.25, 0.3) is 10.0 Å². The van der Waals surface area contributed by atoms with Crippen LogP contribution in [-0.2, 0) is 14.8 Å². The number of nitrogens with zero attached hydrogens (tertiary/aromatic N) is 2. The lowest BCUT2D eigenvalue weighted by molar-refractivity contribution is -0.132. The van der Waals surface area contributed by atoms with Gasteiger partial charge in [0, 0.05) is 31.6 Å². The normalized spacial score (nSPS) is 20.5. The van der Waals surface area contributed by atoms with E-state index in [2.05, 4.69) is 16.6 Å². The van der Waals surface area contributed by atoms with Gasteiger partial charge in [-0.25, -0.2) is 8.42 Å². The molecule has 1 N–H and O–H groups in total. The Bertz CT molecular complexity index is 800. The van der Waals surface area contributed by atoms with E-state index in [1.807, 2.05) is 18.0 Å². The Balaban J connectivity index is 1.41. The molecule has 1 aliphatic carbocycles. The van der Waals surface area contributed by atoms with Crippen LogP contribution in [0.3, 0.4) is 0 Å². The summed E-state index contributed by atoms with van der Waals surface area (Å²) in [6.45, 7) is 2.68. The first-order valence-corrected chi connectivity index (χ1v) is 10.8.